The molecule has 1 saturated carbocycles. The SMILES string of the molecule is O=C(O)CC1(c2cc(F)c3c(c2)OCO3)CC1. The average Bonchev–Trinajstić information content (AvgIpc) is 2.87. The molecule has 0 bridgehead atoms. The second kappa shape index (κ2) is 3.35. The van der Waals surface area contributed by atoms with Crippen molar-refractivity contribution in [1.82, 2.24) is 0 Å². The molecule has 17 heavy (non-hydrogen) atoms. The Morgan fingerprint density at radius 2 is 2.18 bits per heavy atom. The van der Waals surface area contributed by atoms with E-state index in [-0.39, 0.29) is 19.0 Å². The summed E-state index contributed by atoms with van der Waals surface area (Å²) in [5.41, 5.74) is 0.287. The van der Waals surface area contributed by atoms with E-state index < -0.39 is 17.2 Å². The van der Waals surface area contributed by atoms with Gasteiger partial charge in [-0.1, -0.05) is 0 Å². The number of ether oxygens (including phenoxy) is 2. The Bertz CT molecular complexity index is 494. The molecule has 1 fully saturated rings. The summed E-state index contributed by atoms with van der Waals surface area (Å²) in [6.07, 6.45) is 1.59. The van der Waals surface area contributed by atoms with Crippen molar-refractivity contribution in [2.45, 2.75) is 24.7 Å². The van der Waals surface area contributed by atoms with Crippen molar-refractivity contribution >= 4 is 5.97 Å². The normalized spacial score (nSPS) is 19.1. The van der Waals surface area contributed by atoms with Crippen LogP contribution in [0.15, 0.2) is 12.1 Å². The predicted molar refractivity (Wildman–Crippen MR) is 55.7 cm³/mol. The maximum atomic E-state index is 13.7. The van der Waals surface area contributed by atoms with Gasteiger partial charge in [-0.05, 0) is 30.5 Å². The van der Waals surface area contributed by atoms with Crippen molar-refractivity contribution in [3.05, 3.63) is 23.5 Å². The van der Waals surface area contributed by atoms with Crippen LogP contribution < -0.4 is 9.47 Å². The lowest BCUT2D eigenvalue weighted by Gasteiger charge is -2.13. The molecule has 0 unspecified atom stereocenters. The van der Waals surface area contributed by atoms with E-state index in [1.807, 2.05) is 0 Å². The summed E-state index contributed by atoms with van der Waals surface area (Å²) in [7, 11) is 0. The molecule has 1 aromatic carbocycles. The first-order chi connectivity index (χ1) is 8.11. The first kappa shape index (κ1) is 10.4. The van der Waals surface area contributed by atoms with Crippen molar-refractivity contribution in [2.24, 2.45) is 0 Å². The molecule has 0 saturated heterocycles. The van der Waals surface area contributed by atoms with Gasteiger partial charge in [0, 0.05) is 5.41 Å². The first-order valence-electron chi connectivity index (χ1n) is 5.42. The summed E-state index contributed by atoms with van der Waals surface area (Å²) < 4.78 is 23.8. The maximum absolute atomic E-state index is 13.7. The summed E-state index contributed by atoms with van der Waals surface area (Å²) in [6, 6.07) is 3.06. The second-order valence-electron chi connectivity index (χ2n) is 4.54. The van der Waals surface area contributed by atoms with Gasteiger partial charge in [0.15, 0.2) is 11.6 Å². The first-order valence-corrected chi connectivity index (χ1v) is 5.42. The van der Waals surface area contributed by atoms with E-state index in [9.17, 15) is 9.18 Å². The van der Waals surface area contributed by atoms with Crippen LogP contribution in [-0.2, 0) is 10.2 Å². The van der Waals surface area contributed by atoms with Gasteiger partial charge >= 0.3 is 5.97 Å². The fourth-order valence-corrected chi connectivity index (χ4v) is 2.28. The summed E-state index contributed by atoms with van der Waals surface area (Å²) >= 11 is 0. The summed E-state index contributed by atoms with van der Waals surface area (Å²) in [5.74, 6) is -0.844. The third kappa shape index (κ3) is 1.62. The molecule has 4 nitrogen and oxygen atoms in total. The Balaban J connectivity index is 1.99. The van der Waals surface area contributed by atoms with Gasteiger partial charge in [0.1, 0.15) is 0 Å². The smallest absolute Gasteiger partial charge is 0.304 e. The number of fused-ring (bicyclic) bond motifs is 1. The molecule has 0 spiro atoms. The predicted octanol–water partition coefficient (Wildman–Crippen LogP) is 2.06. The van der Waals surface area contributed by atoms with E-state index in [2.05, 4.69) is 0 Å². The van der Waals surface area contributed by atoms with Gasteiger partial charge in [0.2, 0.25) is 12.5 Å². The Morgan fingerprint density at radius 3 is 2.82 bits per heavy atom. The summed E-state index contributed by atoms with van der Waals surface area (Å²) in [6.45, 7) is 0.0155. The zero-order valence-corrected chi connectivity index (χ0v) is 9.03. The van der Waals surface area contributed by atoms with E-state index in [4.69, 9.17) is 14.6 Å². The molecule has 1 aromatic rings. The fourth-order valence-electron chi connectivity index (χ4n) is 2.28. The molecular formula is C12H11FO4. The van der Waals surface area contributed by atoms with E-state index in [1.54, 1.807) is 6.07 Å². The van der Waals surface area contributed by atoms with Crippen molar-refractivity contribution in [3.8, 4) is 11.5 Å². The maximum Gasteiger partial charge on any atom is 0.304 e. The Morgan fingerprint density at radius 1 is 1.41 bits per heavy atom. The quantitative estimate of drug-likeness (QED) is 0.875. The lowest BCUT2D eigenvalue weighted by atomic mass is 9.92. The van der Waals surface area contributed by atoms with Gasteiger partial charge in [-0.25, -0.2) is 4.39 Å². The van der Waals surface area contributed by atoms with Crippen LogP contribution in [-0.4, -0.2) is 17.9 Å². The van der Waals surface area contributed by atoms with Crippen LogP contribution in [0.25, 0.3) is 0 Å². The van der Waals surface area contributed by atoms with E-state index in [0.29, 0.717) is 11.3 Å². The highest BCUT2D eigenvalue weighted by Crippen LogP contribution is 2.53. The molecule has 0 atom stereocenters. The number of hydrogen-bond acceptors (Lipinski definition) is 3. The minimum atomic E-state index is -0.861. The number of carboxylic acids is 1. The number of rotatable bonds is 3. The number of aliphatic carboxylic acids is 1. The number of halogens is 1. The van der Waals surface area contributed by atoms with Crippen LogP contribution in [0.4, 0.5) is 4.39 Å². The van der Waals surface area contributed by atoms with Crippen molar-refractivity contribution in [2.75, 3.05) is 6.79 Å². The topological polar surface area (TPSA) is 55.8 Å². The van der Waals surface area contributed by atoms with Crippen LogP contribution >= 0.6 is 0 Å². The number of carbonyl (C=O) groups is 1. The van der Waals surface area contributed by atoms with Gasteiger partial charge in [-0.15, -0.1) is 0 Å². The van der Waals surface area contributed by atoms with Crippen LogP contribution in [0.3, 0.4) is 0 Å². The Labute approximate surface area is 97.0 Å². The Kier molecular flexibility index (Phi) is 2.05. The van der Waals surface area contributed by atoms with Crippen molar-refractivity contribution in [1.29, 1.82) is 0 Å². The molecule has 1 aliphatic heterocycles. The van der Waals surface area contributed by atoms with Crippen LogP contribution in [0, 0.1) is 5.82 Å². The van der Waals surface area contributed by atoms with Gasteiger partial charge in [-0.2, -0.15) is 0 Å². The molecule has 0 amide bonds. The molecule has 1 aliphatic carbocycles. The molecule has 3 rings (SSSR count). The minimum absolute atomic E-state index is 0.0155. The van der Waals surface area contributed by atoms with E-state index >= 15 is 0 Å². The molecular weight excluding hydrogens is 227 g/mol. The van der Waals surface area contributed by atoms with Crippen molar-refractivity contribution in [3.63, 3.8) is 0 Å². The number of hydrogen-bond donors (Lipinski definition) is 1. The average molecular weight is 238 g/mol. The summed E-state index contributed by atoms with van der Waals surface area (Å²) in [4.78, 5) is 10.8. The molecule has 2 aliphatic rings. The standard InChI is InChI=1S/C12H11FO4/c13-8-3-7(4-9-11(8)17-6-16-9)12(1-2-12)5-10(14)15/h3-4H,1-2,5-6H2,(H,14,15). The molecule has 1 N–H and O–H groups in total. The van der Waals surface area contributed by atoms with Gasteiger partial charge in [-0.3, -0.25) is 4.79 Å². The van der Waals surface area contributed by atoms with Gasteiger partial charge in [0.25, 0.3) is 0 Å². The minimum Gasteiger partial charge on any atom is -0.481 e. The summed E-state index contributed by atoms with van der Waals surface area (Å²) in [5, 5.41) is 8.86. The Hall–Kier alpha value is -1.78. The fraction of sp³-hybridized carbons (Fsp3) is 0.417. The largest absolute Gasteiger partial charge is 0.481 e. The van der Waals surface area contributed by atoms with E-state index in [1.165, 1.54) is 6.07 Å². The molecule has 90 valence electrons. The lowest BCUT2D eigenvalue weighted by molar-refractivity contribution is -0.137. The highest BCUT2D eigenvalue weighted by atomic mass is 19.1. The van der Waals surface area contributed by atoms with Crippen LogP contribution in [0.2, 0.25) is 0 Å². The van der Waals surface area contributed by atoms with Crippen LogP contribution in [0.1, 0.15) is 24.8 Å². The molecule has 5 heteroatoms. The van der Waals surface area contributed by atoms with Crippen LogP contribution in [0.5, 0.6) is 11.5 Å². The molecule has 0 radical (unpaired) electrons. The zero-order valence-electron chi connectivity index (χ0n) is 9.03. The highest BCUT2D eigenvalue weighted by molar-refractivity contribution is 5.70. The number of benzene rings is 1. The number of carboxylic acid groups (broad SMARTS) is 1. The van der Waals surface area contributed by atoms with E-state index in [0.717, 1.165) is 12.8 Å². The van der Waals surface area contributed by atoms with Crippen molar-refractivity contribution < 1.29 is 23.8 Å². The zero-order chi connectivity index (χ0) is 12.0. The highest BCUT2D eigenvalue weighted by Gasteiger charge is 2.47. The van der Waals surface area contributed by atoms with Gasteiger partial charge in [0.05, 0.1) is 6.42 Å². The molecule has 1 heterocycles. The molecule has 0 aromatic heterocycles. The monoisotopic (exact) mass is 238 g/mol. The lowest BCUT2D eigenvalue weighted by Crippen LogP contribution is -2.13. The second-order valence-corrected chi connectivity index (χ2v) is 4.54. The third-order valence-electron chi connectivity index (χ3n) is 3.38. The third-order valence-corrected chi connectivity index (χ3v) is 3.38. The van der Waals surface area contributed by atoms with Gasteiger partial charge < -0.3 is 14.6 Å².